The van der Waals surface area contributed by atoms with Crippen molar-refractivity contribution in [3.8, 4) is 0 Å². The second-order valence-corrected chi connectivity index (χ2v) is 5.90. The molecule has 0 aromatic heterocycles. The van der Waals surface area contributed by atoms with Gasteiger partial charge in [-0.25, -0.2) is 0 Å². The topological polar surface area (TPSA) is 6.48 Å². The van der Waals surface area contributed by atoms with E-state index in [9.17, 15) is 0 Å². The third-order valence-corrected chi connectivity index (χ3v) is 4.64. The summed E-state index contributed by atoms with van der Waals surface area (Å²) in [5, 5.41) is 0. The molecule has 0 spiro atoms. The Morgan fingerprint density at radius 2 is 1.44 bits per heavy atom. The molecule has 94 valence electrons. The highest BCUT2D eigenvalue weighted by Gasteiger charge is 2.22. The molecule has 2 aliphatic rings. The van der Waals surface area contributed by atoms with Gasteiger partial charge < -0.3 is 9.80 Å². The lowest BCUT2D eigenvalue weighted by atomic mass is 9.92. The van der Waals surface area contributed by atoms with Crippen LogP contribution in [-0.2, 0) is 0 Å². The zero-order chi connectivity index (χ0) is 11.4. The SMILES string of the molecule is CCC1CCN(CC2CCN(C)CC2)CC1. The third kappa shape index (κ3) is 3.46. The Morgan fingerprint density at radius 3 is 2.00 bits per heavy atom. The lowest BCUT2D eigenvalue weighted by Gasteiger charge is -2.36. The van der Waals surface area contributed by atoms with E-state index in [1.54, 1.807) is 0 Å². The van der Waals surface area contributed by atoms with Gasteiger partial charge in [-0.15, -0.1) is 0 Å². The van der Waals surface area contributed by atoms with E-state index in [-0.39, 0.29) is 0 Å². The van der Waals surface area contributed by atoms with Gasteiger partial charge in [-0.3, -0.25) is 0 Å². The largest absolute Gasteiger partial charge is 0.306 e. The lowest BCUT2D eigenvalue weighted by molar-refractivity contribution is 0.126. The molecular weight excluding hydrogens is 196 g/mol. The van der Waals surface area contributed by atoms with Crippen LogP contribution in [0.5, 0.6) is 0 Å². The predicted molar refractivity (Wildman–Crippen MR) is 69.7 cm³/mol. The van der Waals surface area contributed by atoms with Crippen molar-refractivity contribution >= 4 is 0 Å². The van der Waals surface area contributed by atoms with Crippen molar-refractivity contribution in [3.63, 3.8) is 0 Å². The summed E-state index contributed by atoms with van der Waals surface area (Å²) in [5.74, 6) is 2.00. The van der Waals surface area contributed by atoms with E-state index in [0.29, 0.717) is 0 Å². The second-order valence-electron chi connectivity index (χ2n) is 5.90. The van der Waals surface area contributed by atoms with Crippen LogP contribution in [-0.4, -0.2) is 49.6 Å². The van der Waals surface area contributed by atoms with Crippen molar-refractivity contribution in [3.05, 3.63) is 0 Å². The molecule has 2 heterocycles. The van der Waals surface area contributed by atoms with Gasteiger partial charge in [0.25, 0.3) is 0 Å². The van der Waals surface area contributed by atoms with E-state index in [0.717, 1.165) is 11.8 Å². The molecule has 0 atom stereocenters. The summed E-state index contributed by atoms with van der Waals surface area (Å²) >= 11 is 0. The minimum absolute atomic E-state index is 0.981. The van der Waals surface area contributed by atoms with Gasteiger partial charge in [-0.1, -0.05) is 13.3 Å². The Bertz CT molecular complexity index is 189. The van der Waals surface area contributed by atoms with E-state index in [4.69, 9.17) is 0 Å². The number of hydrogen-bond donors (Lipinski definition) is 0. The average Bonchev–Trinajstić information content (AvgIpc) is 2.33. The Morgan fingerprint density at radius 1 is 0.875 bits per heavy atom. The first-order valence-corrected chi connectivity index (χ1v) is 7.18. The summed E-state index contributed by atoms with van der Waals surface area (Å²) in [7, 11) is 2.25. The molecule has 2 fully saturated rings. The van der Waals surface area contributed by atoms with Gasteiger partial charge in [0.2, 0.25) is 0 Å². The Balaban J connectivity index is 1.66. The molecule has 0 aromatic carbocycles. The lowest BCUT2D eigenvalue weighted by Crippen LogP contribution is -2.40. The highest BCUT2D eigenvalue weighted by atomic mass is 15.1. The zero-order valence-electron chi connectivity index (χ0n) is 11.1. The summed E-state index contributed by atoms with van der Waals surface area (Å²) in [6, 6.07) is 0. The number of nitrogens with zero attached hydrogens (tertiary/aromatic N) is 2. The average molecular weight is 224 g/mol. The molecule has 0 saturated carbocycles. The highest BCUT2D eigenvalue weighted by molar-refractivity contribution is 4.77. The van der Waals surface area contributed by atoms with Crippen molar-refractivity contribution in [2.45, 2.75) is 39.0 Å². The molecule has 2 nitrogen and oxygen atoms in total. The van der Waals surface area contributed by atoms with Crippen LogP contribution in [0.2, 0.25) is 0 Å². The van der Waals surface area contributed by atoms with Crippen molar-refractivity contribution in [1.29, 1.82) is 0 Å². The van der Waals surface area contributed by atoms with Gasteiger partial charge in [-0.2, -0.15) is 0 Å². The van der Waals surface area contributed by atoms with Crippen LogP contribution in [0.4, 0.5) is 0 Å². The van der Waals surface area contributed by atoms with E-state index in [2.05, 4.69) is 23.8 Å². The molecule has 0 aliphatic carbocycles. The first-order chi connectivity index (χ1) is 7.78. The Labute approximate surface area is 101 Å². The molecule has 0 aromatic rings. The van der Waals surface area contributed by atoms with Crippen LogP contribution in [0.1, 0.15) is 39.0 Å². The molecule has 2 saturated heterocycles. The molecular formula is C14H28N2. The maximum atomic E-state index is 2.72. The third-order valence-electron chi connectivity index (χ3n) is 4.64. The Kier molecular flexibility index (Phi) is 4.66. The van der Waals surface area contributed by atoms with Gasteiger partial charge in [0.05, 0.1) is 0 Å². The van der Waals surface area contributed by atoms with Gasteiger partial charge >= 0.3 is 0 Å². The molecule has 0 radical (unpaired) electrons. The van der Waals surface area contributed by atoms with Crippen LogP contribution >= 0.6 is 0 Å². The summed E-state index contributed by atoms with van der Waals surface area (Å²) < 4.78 is 0. The van der Waals surface area contributed by atoms with Crippen molar-refractivity contribution < 1.29 is 0 Å². The van der Waals surface area contributed by atoms with Crippen molar-refractivity contribution in [2.75, 3.05) is 39.8 Å². The number of hydrogen-bond acceptors (Lipinski definition) is 2. The van der Waals surface area contributed by atoms with E-state index in [1.165, 1.54) is 64.8 Å². The molecule has 0 amide bonds. The fourth-order valence-electron chi connectivity index (χ4n) is 3.19. The van der Waals surface area contributed by atoms with E-state index in [1.807, 2.05) is 0 Å². The maximum Gasteiger partial charge on any atom is 0.00106 e. The first-order valence-electron chi connectivity index (χ1n) is 7.18. The predicted octanol–water partition coefficient (Wildman–Crippen LogP) is 2.45. The minimum Gasteiger partial charge on any atom is -0.306 e. The summed E-state index contributed by atoms with van der Waals surface area (Å²) in [5.41, 5.74) is 0. The van der Waals surface area contributed by atoms with Crippen molar-refractivity contribution in [2.24, 2.45) is 11.8 Å². The standard InChI is InChI=1S/C14H28N2/c1-3-13-6-10-16(11-7-13)12-14-4-8-15(2)9-5-14/h13-14H,3-12H2,1-2H3. The quantitative estimate of drug-likeness (QED) is 0.726. The van der Waals surface area contributed by atoms with Crippen LogP contribution < -0.4 is 0 Å². The second kappa shape index (κ2) is 6.02. The molecule has 0 bridgehead atoms. The summed E-state index contributed by atoms with van der Waals surface area (Å²) in [6.45, 7) is 9.09. The highest BCUT2D eigenvalue weighted by Crippen LogP contribution is 2.23. The van der Waals surface area contributed by atoms with Crippen LogP contribution in [0.3, 0.4) is 0 Å². The first kappa shape index (κ1) is 12.4. The molecule has 16 heavy (non-hydrogen) atoms. The monoisotopic (exact) mass is 224 g/mol. The fraction of sp³-hybridized carbons (Fsp3) is 1.00. The number of rotatable bonds is 3. The Hall–Kier alpha value is -0.0800. The molecule has 0 N–H and O–H groups in total. The van der Waals surface area contributed by atoms with Crippen molar-refractivity contribution in [1.82, 2.24) is 9.80 Å². The molecule has 2 heteroatoms. The van der Waals surface area contributed by atoms with Crippen LogP contribution in [0.15, 0.2) is 0 Å². The van der Waals surface area contributed by atoms with Gasteiger partial charge in [-0.05, 0) is 70.7 Å². The van der Waals surface area contributed by atoms with Gasteiger partial charge in [0.15, 0.2) is 0 Å². The number of piperidine rings is 2. The zero-order valence-corrected chi connectivity index (χ0v) is 11.1. The summed E-state index contributed by atoms with van der Waals surface area (Å²) in [4.78, 5) is 5.20. The summed E-state index contributed by atoms with van der Waals surface area (Å²) in [6.07, 6.45) is 7.13. The molecule has 2 aliphatic heterocycles. The smallest absolute Gasteiger partial charge is 0.00106 e. The fourth-order valence-corrected chi connectivity index (χ4v) is 3.19. The number of likely N-dealkylation sites (tertiary alicyclic amines) is 2. The van der Waals surface area contributed by atoms with E-state index < -0.39 is 0 Å². The minimum atomic E-state index is 0.981. The van der Waals surface area contributed by atoms with Crippen LogP contribution in [0, 0.1) is 11.8 Å². The van der Waals surface area contributed by atoms with Gasteiger partial charge in [0, 0.05) is 6.54 Å². The maximum absolute atomic E-state index is 2.72. The molecule has 2 rings (SSSR count). The van der Waals surface area contributed by atoms with Gasteiger partial charge in [0.1, 0.15) is 0 Å². The normalized spacial score (nSPS) is 27.4. The molecule has 0 unspecified atom stereocenters. The van der Waals surface area contributed by atoms with Crippen LogP contribution in [0.25, 0.3) is 0 Å². The van der Waals surface area contributed by atoms with E-state index >= 15 is 0 Å².